The maximum atomic E-state index is 5.52. The Morgan fingerprint density at radius 3 is 2.92 bits per heavy atom. The second-order valence-electron chi connectivity index (χ2n) is 3.29. The van der Waals surface area contributed by atoms with E-state index in [2.05, 4.69) is 12.2 Å². The number of rotatable bonds is 5. The largest absolute Gasteiger partial charge is 0.381 e. The molecule has 1 rings (SSSR count). The van der Waals surface area contributed by atoms with Crippen molar-refractivity contribution in [1.82, 2.24) is 5.32 Å². The summed E-state index contributed by atoms with van der Waals surface area (Å²) in [5.74, 6) is 0.784. The highest BCUT2D eigenvalue weighted by molar-refractivity contribution is 5.85. The predicted molar refractivity (Wildman–Crippen MR) is 54.0 cm³/mol. The fourth-order valence-electron chi connectivity index (χ4n) is 1.35. The van der Waals surface area contributed by atoms with E-state index in [4.69, 9.17) is 4.74 Å². The number of hydrogen-bond acceptors (Lipinski definition) is 2. The molecule has 0 aromatic heterocycles. The average Bonchev–Trinajstić information content (AvgIpc) is 2.50. The maximum absolute atomic E-state index is 5.52. The highest BCUT2D eigenvalue weighted by Gasteiger charge is 2.13. The highest BCUT2D eigenvalue weighted by atomic mass is 35.5. The van der Waals surface area contributed by atoms with Crippen LogP contribution in [-0.2, 0) is 4.74 Å². The molecule has 0 saturated carbocycles. The zero-order chi connectivity index (χ0) is 7.94. The minimum absolute atomic E-state index is 0. The van der Waals surface area contributed by atoms with Crippen LogP contribution < -0.4 is 5.32 Å². The van der Waals surface area contributed by atoms with Crippen molar-refractivity contribution in [1.29, 1.82) is 0 Å². The van der Waals surface area contributed by atoms with Gasteiger partial charge in [0.05, 0.1) is 6.61 Å². The molecule has 1 N–H and O–H groups in total. The molecule has 0 aromatic rings. The van der Waals surface area contributed by atoms with Crippen molar-refractivity contribution in [3.8, 4) is 0 Å². The second-order valence-corrected chi connectivity index (χ2v) is 3.29. The number of ether oxygens (including phenoxy) is 1. The summed E-state index contributed by atoms with van der Waals surface area (Å²) in [7, 11) is 0. The summed E-state index contributed by atoms with van der Waals surface area (Å²) in [5, 5.41) is 3.33. The molecule has 0 radical (unpaired) electrons. The zero-order valence-electron chi connectivity index (χ0n) is 7.84. The summed E-state index contributed by atoms with van der Waals surface area (Å²) in [6.45, 7) is 6.45. The predicted octanol–water partition coefficient (Wildman–Crippen LogP) is 1.83. The lowest BCUT2D eigenvalue weighted by Crippen LogP contribution is -2.14. The molecule has 1 saturated heterocycles. The van der Waals surface area contributed by atoms with Gasteiger partial charge in [0.15, 0.2) is 0 Å². The molecule has 0 amide bonds. The Balaban J connectivity index is 0.00000121. The number of unbranched alkanes of at least 4 members (excludes halogenated alkanes) is 1. The number of halogens is 1. The Labute approximate surface area is 81.5 Å². The average molecular weight is 194 g/mol. The molecule has 1 atom stereocenters. The summed E-state index contributed by atoms with van der Waals surface area (Å²) in [6.07, 6.45) is 3.75. The third-order valence-electron chi connectivity index (χ3n) is 2.16. The SMILES string of the molecule is CCCCOCC1CCNC1.Cl. The van der Waals surface area contributed by atoms with Gasteiger partial charge in [0.2, 0.25) is 0 Å². The van der Waals surface area contributed by atoms with Crippen molar-refractivity contribution in [3.05, 3.63) is 0 Å². The van der Waals surface area contributed by atoms with Crippen LogP contribution in [0.1, 0.15) is 26.2 Å². The van der Waals surface area contributed by atoms with Gasteiger partial charge < -0.3 is 10.1 Å². The van der Waals surface area contributed by atoms with Gasteiger partial charge in [-0.15, -0.1) is 12.4 Å². The zero-order valence-corrected chi connectivity index (χ0v) is 8.66. The maximum Gasteiger partial charge on any atom is 0.0506 e. The molecular weight excluding hydrogens is 174 g/mol. The third kappa shape index (κ3) is 4.96. The van der Waals surface area contributed by atoms with E-state index >= 15 is 0 Å². The lowest BCUT2D eigenvalue weighted by molar-refractivity contribution is 0.103. The van der Waals surface area contributed by atoms with Gasteiger partial charge in [-0.05, 0) is 25.3 Å². The van der Waals surface area contributed by atoms with Gasteiger partial charge in [-0.2, -0.15) is 0 Å². The Bertz CT molecular complexity index is 94.5. The molecule has 1 aliphatic rings. The molecule has 0 spiro atoms. The van der Waals surface area contributed by atoms with Crippen molar-refractivity contribution in [2.75, 3.05) is 26.3 Å². The first-order chi connectivity index (χ1) is 5.43. The molecule has 12 heavy (non-hydrogen) atoms. The van der Waals surface area contributed by atoms with E-state index in [1.807, 2.05) is 0 Å². The summed E-state index contributed by atoms with van der Waals surface area (Å²) in [6, 6.07) is 0. The molecule has 1 aliphatic heterocycles. The van der Waals surface area contributed by atoms with Crippen molar-refractivity contribution in [2.45, 2.75) is 26.2 Å². The summed E-state index contributed by atoms with van der Waals surface area (Å²) in [4.78, 5) is 0. The summed E-state index contributed by atoms with van der Waals surface area (Å²) >= 11 is 0. The Morgan fingerprint density at radius 1 is 1.50 bits per heavy atom. The van der Waals surface area contributed by atoms with E-state index < -0.39 is 0 Å². The minimum Gasteiger partial charge on any atom is -0.381 e. The van der Waals surface area contributed by atoms with Gasteiger partial charge in [0.25, 0.3) is 0 Å². The van der Waals surface area contributed by atoms with Crippen LogP contribution in [0.4, 0.5) is 0 Å². The van der Waals surface area contributed by atoms with Crippen LogP contribution in [0.15, 0.2) is 0 Å². The standard InChI is InChI=1S/C9H19NO.ClH/c1-2-3-6-11-8-9-4-5-10-7-9;/h9-10H,2-8H2,1H3;1H. The number of hydrogen-bond donors (Lipinski definition) is 1. The van der Waals surface area contributed by atoms with E-state index in [0.717, 1.165) is 25.7 Å². The Hall–Kier alpha value is 0.210. The van der Waals surface area contributed by atoms with Crippen LogP contribution in [0.25, 0.3) is 0 Å². The fourth-order valence-corrected chi connectivity index (χ4v) is 1.35. The molecule has 1 heterocycles. The van der Waals surface area contributed by atoms with Crippen molar-refractivity contribution < 1.29 is 4.74 Å². The quantitative estimate of drug-likeness (QED) is 0.673. The van der Waals surface area contributed by atoms with Crippen LogP contribution >= 0.6 is 12.4 Å². The van der Waals surface area contributed by atoms with Gasteiger partial charge in [-0.25, -0.2) is 0 Å². The molecule has 0 bridgehead atoms. The van der Waals surface area contributed by atoms with E-state index in [9.17, 15) is 0 Å². The monoisotopic (exact) mass is 193 g/mol. The van der Waals surface area contributed by atoms with Crippen LogP contribution in [0.5, 0.6) is 0 Å². The third-order valence-corrected chi connectivity index (χ3v) is 2.16. The molecule has 74 valence electrons. The van der Waals surface area contributed by atoms with Gasteiger partial charge >= 0.3 is 0 Å². The highest BCUT2D eigenvalue weighted by Crippen LogP contribution is 2.07. The summed E-state index contributed by atoms with van der Waals surface area (Å²) in [5.41, 5.74) is 0. The molecule has 0 aromatic carbocycles. The lowest BCUT2D eigenvalue weighted by Gasteiger charge is -2.07. The molecule has 2 nitrogen and oxygen atoms in total. The van der Waals surface area contributed by atoms with Crippen molar-refractivity contribution in [3.63, 3.8) is 0 Å². The van der Waals surface area contributed by atoms with E-state index in [1.54, 1.807) is 0 Å². The fraction of sp³-hybridized carbons (Fsp3) is 1.00. The first kappa shape index (κ1) is 12.2. The van der Waals surface area contributed by atoms with E-state index in [-0.39, 0.29) is 12.4 Å². The molecule has 3 heteroatoms. The second kappa shape index (κ2) is 7.84. The van der Waals surface area contributed by atoms with Gasteiger partial charge in [0.1, 0.15) is 0 Å². The minimum atomic E-state index is 0. The topological polar surface area (TPSA) is 21.3 Å². The number of nitrogens with one attached hydrogen (secondary N) is 1. The van der Waals surface area contributed by atoms with Crippen molar-refractivity contribution in [2.24, 2.45) is 5.92 Å². The summed E-state index contributed by atoms with van der Waals surface area (Å²) < 4.78 is 5.52. The van der Waals surface area contributed by atoms with Crippen LogP contribution in [0.2, 0.25) is 0 Å². The van der Waals surface area contributed by atoms with E-state index in [0.29, 0.717) is 0 Å². The van der Waals surface area contributed by atoms with Crippen LogP contribution in [-0.4, -0.2) is 26.3 Å². The van der Waals surface area contributed by atoms with Gasteiger partial charge in [-0.3, -0.25) is 0 Å². The van der Waals surface area contributed by atoms with Crippen molar-refractivity contribution >= 4 is 12.4 Å². The lowest BCUT2D eigenvalue weighted by atomic mass is 10.1. The molecular formula is C9H20ClNO. The van der Waals surface area contributed by atoms with Gasteiger partial charge in [0, 0.05) is 13.2 Å². The Kier molecular flexibility index (Phi) is 7.98. The smallest absolute Gasteiger partial charge is 0.0506 e. The van der Waals surface area contributed by atoms with E-state index in [1.165, 1.54) is 25.8 Å². The van der Waals surface area contributed by atoms with Crippen LogP contribution in [0, 0.1) is 5.92 Å². The Morgan fingerprint density at radius 2 is 2.33 bits per heavy atom. The first-order valence-corrected chi connectivity index (χ1v) is 4.72. The van der Waals surface area contributed by atoms with Crippen LogP contribution in [0.3, 0.4) is 0 Å². The normalized spacial score (nSPS) is 22.2. The molecule has 1 unspecified atom stereocenters. The molecule has 1 fully saturated rings. The van der Waals surface area contributed by atoms with Gasteiger partial charge in [-0.1, -0.05) is 13.3 Å². The molecule has 0 aliphatic carbocycles. The first-order valence-electron chi connectivity index (χ1n) is 4.72.